The zero-order valence-electron chi connectivity index (χ0n) is 20.7. The van der Waals surface area contributed by atoms with Gasteiger partial charge in [0.15, 0.2) is 0 Å². The van der Waals surface area contributed by atoms with Crippen LogP contribution in [0.3, 0.4) is 0 Å². The molecule has 2 aromatic carbocycles. The average molecular weight is 567 g/mol. The Morgan fingerprint density at radius 3 is 1.39 bits per heavy atom. The van der Waals surface area contributed by atoms with Crippen LogP contribution in [-0.4, -0.2) is 18.3 Å². The van der Waals surface area contributed by atoms with Gasteiger partial charge in [0.1, 0.15) is 23.1 Å². The molecule has 0 aliphatic heterocycles. The molecule has 1 heterocycles. The number of nitrogens with zero attached hydrogens (tertiary/aromatic N) is 2. The van der Waals surface area contributed by atoms with Crippen molar-refractivity contribution in [3.8, 4) is 29.3 Å². The van der Waals surface area contributed by atoms with Gasteiger partial charge in [-0.05, 0) is 54.5 Å². The van der Waals surface area contributed by atoms with Crippen molar-refractivity contribution < 1.29 is 49.0 Å². The largest absolute Gasteiger partial charge is 0.517 e. The molecule has 0 amide bonds. The first-order chi connectivity index (χ1) is 17.3. The number of rotatable bonds is 6. The van der Waals surface area contributed by atoms with Crippen LogP contribution >= 0.6 is 0 Å². The minimum atomic E-state index is -5.00. The Kier molecular flexibility index (Phi) is 7.70. The van der Waals surface area contributed by atoms with Crippen LogP contribution in [0.5, 0.6) is 29.3 Å². The summed E-state index contributed by atoms with van der Waals surface area (Å²) in [6, 6.07) is 4.46. The van der Waals surface area contributed by atoms with Crippen LogP contribution in [0.4, 0.5) is 35.1 Å². The third-order valence-corrected chi connectivity index (χ3v) is 10.0. The van der Waals surface area contributed by atoms with Gasteiger partial charge < -0.3 is 13.9 Å². The summed E-state index contributed by atoms with van der Waals surface area (Å²) < 4.78 is 123. The van der Waals surface area contributed by atoms with Crippen molar-refractivity contribution >= 4 is 8.32 Å². The molecule has 1 aromatic heterocycles. The molecule has 0 radical (unpaired) electrons. The normalized spacial score (nSPS) is 12.9. The third kappa shape index (κ3) is 6.91. The summed E-state index contributed by atoms with van der Waals surface area (Å²) in [5, 5.41) is -0.342. The molecule has 0 saturated heterocycles. The van der Waals surface area contributed by atoms with Crippen molar-refractivity contribution in [1.82, 2.24) is 9.97 Å². The highest BCUT2D eigenvalue weighted by atomic mass is 28.4. The number of aromatic nitrogens is 2. The first kappa shape index (κ1) is 29.1. The van der Waals surface area contributed by atoms with E-state index in [2.05, 4.69) is 9.97 Å². The van der Waals surface area contributed by atoms with Gasteiger partial charge >= 0.3 is 18.4 Å². The summed E-state index contributed by atoms with van der Waals surface area (Å²) in [4.78, 5) is 8.08. The van der Waals surface area contributed by atoms with E-state index in [9.17, 15) is 35.1 Å². The van der Waals surface area contributed by atoms with Crippen LogP contribution in [-0.2, 0) is 12.4 Å². The van der Waals surface area contributed by atoms with E-state index in [1.54, 1.807) is 0 Å². The Hall–Kier alpha value is -3.42. The number of ether oxygens (including phenoxy) is 2. The molecule has 0 spiro atoms. The summed E-state index contributed by atoms with van der Waals surface area (Å²) in [6.45, 7) is 9.41. The summed E-state index contributed by atoms with van der Waals surface area (Å²) in [6.07, 6.45) is -10.0. The van der Waals surface area contributed by atoms with Crippen LogP contribution in [0.15, 0.2) is 42.5 Å². The van der Waals surface area contributed by atoms with E-state index < -0.39 is 66.7 Å². The minimum Gasteiger partial charge on any atom is -0.517 e. The molecule has 206 valence electrons. The van der Waals surface area contributed by atoms with Crippen LogP contribution in [0.2, 0.25) is 18.1 Å². The second-order valence-corrected chi connectivity index (χ2v) is 14.4. The van der Waals surface area contributed by atoms with E-state index in [4.69, 9.17) is 13.9 Å². The maximum atomic E-state index is 13.7. The van der Waals surface area contributed by atoms with Gasteiger partial charge in [-0.1, -0.05) is 20.8 Å². The molecule has 0 N–H and O–H groups in total. The number of halogens is 8. The molecule has 5 nitrogen and oxygen atoms in total. The molecule has 14 heteroatoms. The minimum absolute atomic E-state index is 0.319. The number of alkyl halides is 6. The first-order valence-electron chi connectivity index (χ1n) is 10.9. The molecule has 0 unspecified atom stereocenters. The average Bonchev–Trinajstić information content (AvgIpc) is 2.73. The van der Waals surface area contributed by atoms with Crippen LogP contribution < -0.4 is 13.9 Å². The highest BCUT2D eigenvalue weighted by molar-refractivity contribution is 6.74. The standard InChI is InChI=1S/C24H22F8N2O3Si/c1-22(2,3)38(4,5)37-21-33-19(35-13-6-8-17(25)15(10-13)23(27,28)29)12-20(34-21)36-14-7-9-18(26)16(11-14)24(30,31)32/h6-12H,1-5H3. The number of hydrogen-bond donors (Lipinski definition) is 0. The van der Waals surface area contributed by atoms with Gasteiger partial charge in [0.2, 0.25) is 11.8 Å². The van der Waals surface area contributed by atoms with E-state index in [1.807, 2.05) is 33.9 Å². The van der Waals surface area contributed by atoms with Gasteiger partial charge in [0, 0.05) is 0 Å². The van der Waals surface area contributed by atoms with Gasteiger partial charge in [-0.25, -0.2) is 8.78 Å². The zero-order chi connectivity index (χ0) is 28.7. The van der Waals surface area contributed by atoms with Gasteiger partial charge in [-0.3, -0.25) is 0 Å². The smallest absolute Gasteiger partial charge is 0.419 e. The Bertz CT molecular complexity index is 1240. The van der Waals surface area contributed by atoms with E-state index in [0.717, 1.165) is 18.2 Å². The number of benzene rings is 2. The van der Waals surface area contributed by atoms with Gasteiger partial charge in [0.25, 0.3) is 8.32 Å². The van der Waals surface area contributed by atoms with E-state index in [1.165, 1.54) is 0 Å². The van der Waals surface area contributed by atoms with E-state index in [-0.39, 0.29) is 11.0 Å². The summed E-state index contributed by atoms with van der Waals surface area (Å²) in [5.41, 5.74) is -3.16. The van der Waals surface area contributed by atoms with E-state index >= 15 is 0 Å². The molecule has 0 atom stereocenters. The fourth-order valence-corrected chi connectivity index (χ4v) is 3.58. The maximum Gasteiger partial charge on any atom is 0.419 e. The highest BCUT2D eigenvalue weighted by Crippen LogP contribution is 2.39. The molecule has 0 bridgehead atoms. The second-order valence-electron chi connectivity index (χ2n) is 9.67. The quantitative estimate of drug-likeness (QED) is 0.221. The van der Waals surface area contributed by atoms with E-state index in [0.29, 0.717) is 24.3 Å². The first-order valence-corrected chi connectivity index (χ1v) is 13.8. The van der Waals surface area contributed by atoms with Crippen molar-refractivity contribution in [3.05, 3.63) is 65.2 Å². The summed E-state index contributed by atoms with van der Waals surface area (Å²) >= 11 is 0. The van der Waals surface area contributed by atoms with Crippen molar-refractivity contribution in [1.29, 1.82) is 0 Å². The molecular formula is C24H22F8N2O3Si. The predicted octanol–water partition coefficient (Wildman–Crippen LogP) is 8.76. The fraction of sp³-hybridized carbons (Fsp3) is 0.333. The van der Waals surface area contributed by atoms with Crippen molar-refractivity contribution in [2.24, 2.45) is 0 Å². The lowest BCUT2D eigenvalue weighted by Crippen LogP contribution is -2.44. The molecule has 0 aliphatic carbocycles. The Morgan fingerprint density at radius 2 is 1.05 bits per heavy atom. The lowest BCUT2D eigenvalue weighted by atomic mass is 10.2. The van der Waals surface area contributed by atoms with Crippen molar-refractivity contribution in [3.63, 3.8) is 0 Å². The van der Waals surface area contributed by atoms with Crippen LogP contribution in [0, 0.1) is 11.6 Å². The predicted molar refractivity (Wildman–Crippen MR) is 123 cm³/mol. The molecule has 0 aliphatic rings. The molecule has 3 rings (SSSR count). The van der Waals surface area contributed by atoms with Crippen LogP contribution in [0.25, 0.3) is 0 Å². The van der Waals surface area contributed by atoms with Crippen LogP contribution in [0.1, 0.15) is 31.9 Å². The molecule has 3 aromatic rings. The van der Waals surface area contributed by atoms with Gasteiger partial charge in [0.05, 0.1) is 17.2 Å². The topological polar surface area (TPSA) is 53.5 Å². The fourth-order valence-electron chi connectivity index (χ4n) is 2.73. The Labute approximate surface area is 213 Å². The molecule has 38 heavy (non-hydrogen) atoms. The monoisotopic (exact) mass is 566 g/mol. The van der Waals surface area contributed by atoms with Crippen molar-refractivity contribution in [2.45, 2.75) is 51.3 Å². The third-order valence-electron chi connectivity index (χ3n) is 5.74. The maximum absolute atomic E-state index is 13.7. The number of hydrogen-bond acceptors (Lipinski definition) is 5. The summed E-state index contributed by atoms with van der Waals surface area (Å²) in [7, 11) is -2.59. The van der Waals surface area contributed by atoms with Gasteiger partial charge in [-0.2, -0.15) is 36.3 Å². The van der Waals surface area contributed by atoms with Gasteiger partial charge in [-0.15, -0.1) is 0 Å². The summed E-state index contributed by atoms with van der Waals surface area (Å²) in [5.74, 6) is -4.72. The molecule has 0 saturated carbocycles. The lowest BCUT2D eigenvalue weighted by Gasteiger charge is -2.35. The molecular weight excluding hydrogens is 544 g/mol. The van der Waals surface area contributed by atoms with Crippen molar-refractivity contribution in [2.75, 3.05) is 0 Å². The highest BCUT2D eigenvalue weighted by Gasteiger charge is 2.40. The zero-order valence-corrected chi connectivity index (χ0v) is 21.7. The lowest BCUT2D eigenvalue weighted by molar-refractivity contribution is -0.140. The molecule has 0 fully saturated rings. The Morgan fingerprint density at radius 1 is 0.658 bits per heavy atom. The Balaban J connectivity index is 2.04. The second kappa shape index (κ2) is 10.0. The SMILES string of the molecule is CC(C)(C)[Si](C)(C)Oc1nc(Oc2ccc(F)c(C(F)(F)F)c2)cc(Oc2ccc(F)c(C(F)(F)F)c2)n1.